The van der Waals surface area contributed by atoms with Crippen LogP contribution in [-0.4, -0.2) is 53.6 Å². The van der Waals surface area contributed by atoms with Gasteiger partial charge in [0.05, 0.1) is 6.61 Å². The normalized spacial score (nSPS) is 14.7. The molecule has 2 aromatic rings. The lowest BCUT2D eigenvalue weighted by Gasteiger charge is -2.35. The van der Waals surface area contributed by atoms with Crippen LogP contribution in [0, 0.1) is 6.92 Å². The second kappa shape index (κ2) is 9.54. The summed E-state index contributed by atoms with van der Waals surface area (Å²) in [6, 6.07) is 9.77. The summed E-state index contributed by atoms with van der Waals surface area (Å²) in [4.78, 5) is 26.0. The molecule has 1 aromatic carbocycles. The third-order valence-corrected chi connectivity index (χ3v) is 4.91. The molecule has 0 bridgehead atoms. The highest BCUT2D eigenvalue weighted by Gasteiger charge is 2.21. The predicted molar refractivity (Wildman–Crippen MR) is 116 cm³/mol. The lowest BCUT2D eigenvalue weighted by molar-refractivity contribution is -0.126. The fraction of sp³-hybridized carbons (Fsp3) is 0.435. The summed E-state index contributed by atoms with van der Waals surface area (Å²) < 4.78 is 5.62. The zero-order chi connectivity index (χ0) is 20.8. The highest BCUT2D eigenvalue weighted by molar-refractivity contribution is 5.92. The monoisotopic (exact) mass is 394 g/mol. The highest BCUT2D eigenvalue weighted by atomic mass is 16.5. The topological polar surface area (TPSA) is 58.6 Å². The van der Waals surface area contributed by atoms with Crippen LogP contribution in [0.1, 0.15) is 43.8 Å². The van der Waals surface area contributed by atoms with E-state index in [1.165, 1.54) is 0 Å². The minimum Gasteiger partial charge on any atom is -0.493 e. The van der Waals surface area contributed by atoms with E-state index < -0.39 is 0 Å². The van der Waals surface area contributed by atoms with Crippen LogP contribution in [0.15, 0.2) is 36.4 Å². The van der Waals surface area contributed by atoms with E-state index in [9.17, 15) is 4.79 Å². The molecule has 0 radical (unpaired) electrons. The molecule has 0 aliphatic carbocycles. The summed E-state index contributed by atoms with van der Waals surface area (Å²) in [5.41, 5.74) is 1.90. The number of rotatable bonds is 6. The van der Waals surface area contributed by atoms with Gasteiger partial charge < -0.3 is 14.5 Å². The molecule has 154 valence electrons. The third-order valence-electron chi connectivity index (χ3n) is 4.91. The van der Waals surface area contributed by atoms with Crippen LogP contribution in [0.3, 0.4) is 0 Å². The van der Waals surface area contributed by atoms with Gasteiger partial charge in [-0.1, -0.05) is 32.0 Å². The molecule has 1 aromatic heterocycles. The maximum atomic E-state index is 12.6. The number of anilines is 1. The first-order valence-electron chi connectivity index (χ1n) is 10.3. The average Bonchev–Trinajstić information content (AvgIpc) is 2.72. The van der Waals surface area contributed by atoms with Gasteiger partial charge in [0, 0.05) is 55.5 Å². The zero-order valence-corrected chi connectivity index (χ0v) is 17.8. The van der Waals surface area contributed by atoms with Crippen molar-refractivity contribution in [3.05, 3.63) is 53.5 Å². The van der Waals surface area contributed by atoms with E-state index in [2.05, 4.69) is 23.7 Å². The van der Waals surface area contributed by atoms with E-state index in [0.29, 0.717) is 25.6 Å². The van der Waals surface area contributed by atoms with Gasteiger partial charge in [0.1, 0.15) is 17.4 Å². The van der Waals surface area contributed by atoms with Crippen molar-refractivity contribution in [2.45, 2.75) is 33.6 Å². The Bertz CT molecular complexity index is 871. The van der Waals surface area contributed by atoms with Crippen molar-refractivity contribution in [1.29, 1.82) is 0 Å². The maximum Gasteiger partial charge on any atom is 0.246 e. The molecular weight excluding hydrogens is 364 g/mol. The smallest absolute Gasteiger partial charge is 0.246 e. The summed E-state index contributed by atoms with van der Waals surface area (Å²) in [6.45, 7) is 11.6. The molecule has 0 unspecified atom stereocenters. The number of piperazine rings is 1. The number of hydrogen-bond acceptors (Lipinski definition) is 5. The number of aryl methyl sites for hydroxylation is 1. The first-order valence-corrected chi connectivity index (χ1v) is 10.3. The molecule has 0 saturated carbocycles. The van der Waals surface area contributed by atoms with Crippen LogP contribution >= 0.6 is 0 Å². The molecule has 6 nitrogen and oxygen atoms in total. The van der Waals surface area contributed by atoms with Gasteiger partial charge in [-0.25, -0.2) is 9.97 Å². The first kappa shape index (κ1) is 20.8. The lowest BCUT2D eigenvalue weighted by Crippen LogP contribution is -2.48. The predicted octanol–water partition coefficient (Wildman–Crippen LogP) is 3.67. The van der Waals surface area contributed by atoms with E-state index in [4.69, 9.17) is 9.72 Å². The Balaban J connectivity index is 1.62. The Labute approximate surface area is 173 Å². The molecule has 6 heteroatoms. The van der Waals surface area contributed by atoms with E-state index in [-0.39, 0.29) is 5.91 Å². The van der Waals surface area contributed by atoms with Crippen LogP contribution in [0.5, 0.6) is 5.75 Å². The average molecular weight is 395 g/mol. The van der Waals surface area contributed by atoms with Gasteiger partial charge in [0.2, 0.25) is 5.91 Å². The van der Waals surface area contributed by atoms with Crippen molar-refractivity contribution in [2.24, 2.45) is 0 Å². The summed E-state index contributed by atoms with van der Waals surface area (Å²) in [5, 5.41) is 0. The fourth-order valence-corrected chi connectivity index (χ4v) is 3.32. The molecule has 3 rings (SSSR count). The number of aromatic nitrogens is 2. The number of carbonyl (C=O) groups excluding carboxylic acids is 1. The highest BCUT2D eigenvalue weighted by Crippen LogP contribution is 2.21. The van der Waals surface area contributed by atoms with Gasteiger partial charge in [0.15, 0.2) is 0 Å². The lowest BCUT2D eigenvalue weighted by atomic mass is 10.2. The number of nitrogens with zero attached hydrogens (tertiary/aromatic N) is 4. The molecule has 1 aliphatic heterocycles. The van der Waals surface area contributed by atoms with Crippen molar-refractivity contribution in [1.82, 2.24) is 14.9 Å². The molecule has 29 heavy (non-hydrogen) atoms. The molecule has 0 spiro atoms. The molecular formula is C23H30N4O2. The van der Waals surface area contributed by atoms with Gasteiger partial charge in [-0.15, -0.1) is 0 Å². The first-order chi connectivity index (χ1) is 14.0. The van der Waals surface area contributed by atoms with Crippen molar-refractivity contribution in [3.63, 3.8) is 0 Å². The van der Waals surface area contributed by atoms with E-state index in [1.54, 1.807) is 6.08 Å². The Morgan fingerprint density at radius 2 is 1.90 bits per heavy atom. The van der Waals surface area contributed by atoms with E-state index in [0.717, 1.165) is 41.7 Å². The van der Waals surface area contributed by atoms with Crippen LogP contribution < -0.4 is 9.64 Å². The second-order valence-electron chi connectivity index (χ2n) is 7.50. The van der Waals surface area contributed by atoms with Crippen molar-refractivity contribution >= 4 is 17.8 Å². The van der Waals surface area contributed by atoms with Gasteiger partial charge in [-0.05, 0) is 26.0 Å². The Morgan fingerprint density at radius 1 is 1.17 bits per heavy atom. The Hall–Kier alpha value is -2.89. The molecule has 0 atom stereocenters. The molecule has 1 saturated heterocycles. The van der Waals surface area contributed by atoms with Crippen LogP contribution in [-0.2, 0) is 4.79 Å². The van der Waals surface area contributed by atoms with Crippen molar-refractivity contribution < 1.29 is 9.53 Å². The number of benzene rings is 1. The summed E-state index contributed by atoms with van der Waals surface area (Å²) in [7, 11) is 0. The van der Waals surface area contributed by atoms with Crippen molar-refractivity contribution in [2.75, 3.05) is 37.7 Å². The number of ether oxygens (including phenoxy) is 1. The Morgan fingerprint density at radius 3 is 2.59 bits per heavy atom. The zero-order valence-electron chi connectivity index (χ0n) is 17.8. The number of hydrogen-bond donors (Lipinski definition) is 0. The molecule has 1 aliphatic rings. The SMILES string of the molecule is CCOc1ccccc1/C=C/C(=O)N1CCN(c2cc(C)nc(C(C)C)n2)CC1. The van der Waals surface area contributed by atoms with Crippen molar-refractivity contribution in [3.8, 4) is 5.75 Å². The number of para-hydroxylation sites is 1. The van der Waals surface area contributed by atoms with Crippen LogP contribution in [0.2, 0.25) is 0 Å². The summed E-state index contributed by atoms with van der Waals surface area (Å²) in [5.74, 6) is 2.94. The second-order valence-corrected chi connectivity index (χ2v) is 7.50. The minimum absolute atomic E-state index is 0.0256. The maximum absolute atomic E-state index is 12.6. The van der Waals surface area contributed by atoms with Gasteiger partial charge in [0.25, 0.3) is 0 Å². The van der Waals surface area contributed by atoms with Crippen LogP contribution in [0.25, 0.3) is 6.08 Å². The molecule has 0 N–H and O–H groups in total. The standard InChI is InChI=1S/C23H30N4O2/c1-5-29-20-9-7-6-8-19(20)10-11-22(28)27-14-12-26(13-15-27)21-16-18(4)24-23(25-21)17(2)3/h6-11,16-17H,5,12-15H2,1-4H3/b11-10+. The summed E-state index contributed by atoms with van der Waals surface area (Å²) in [6.07, 6.45) is 3.47. The third kappa shape index (κ3) is 5.34. The van der Waals surface area contributed by atoms with Gasteiger partial charge in [-0.2, -0.15) is 0 Å². The Kier molecular flexibility index (Phi) is 6.86. The summed E-state index contributed by atoms with van der Waals surface area (Å²) >= 11 is 0. The van der Waals surface area contributed by atoms with Crippen LogP contribution in [0.4, 0.5) is 5.82 Å². The van der Waals surface area contributed by atoms with E-state index in [1.807, 2.05) is 55.2 Å². The molecule has 2 heterocycles. The number of amides is 1. The van der Waals surface area contributed by atoms with Gasteiger partial charge >= 0.3 is 0 Å². The quantitative estimate of drug-likeness (QED) is 0.700. The largest absolute Gasteiger partial charge is 0.493 e. The molecule has 1 fully saturated rings. The molecule has 1 amide bonds. The fourth-order valence-electron chi connectivity index (χ4n) is 3.32. The number of carbonyl (C=O) groups is 1. The van der Waals surface area contributed by atoms with E-state index >= 15 is 0 Å². The van der Waals surface area contributed by atoms with Gasteiger partial charge in [-0.3, -0.25) is 4.79 Å². The minimum atomic E-state index is 0.0256.